The van der Waals surface area contributed by atoms with Gasteiger partial charge in [-0.15, -0.1) is 11.3 Å². The van der Waals surface area contributed by atoms with Crippen molar-refractivity contribution in [2.24, 2.45) is 4.99 Å². The Labute approximate surface area is 183 Å². The molecule has 8 nitrogen and oxygen atoms in total. The molecule has 9 heteroatoms. The normalized spacial score (nSPS) is 19.8. The van der Waals surface area contributed by atoms with Gasteiger partial charge in [0.1, 0.15) is 16.4 Å². The van der Waals surface area contributed by atoms with Gasteiger partial charge in [-0.25, -0.2) is 4.98 Å². The molecule has 31 heavy (non-hydrogen) atoms. The number of aliphatic imine (C=N–C) groups is 1. The first-order chi connectivity index (χ1) is 15.2. The molecule has 1 amide bonds. The fourth-order valence-electron chi connectivity index (χ4n) is 3.68. The Hall–Kier alpha value is -3.17. The molecule has 5 rings (SSSR count). The molecule has 4 heterocycles. The van der Waals surface area contributed by atoms with Crippen molar-refractivity contribution in [1.82, 2.24) is 19.7 Å². The average molecular weight is 435 g/mol. The summed E-state index contributed by atoms with van der Waals surface area (Å²) in [7, 11) is 0. The molecule has 0 bridgehead atoms. The van der Waals surface area contributed by atoms with Crippen LogP contribution in [0.5, 0.6) is 0 Å². The van der Waals surface area contributed by atoms with E-state index in [0.29, 0.717) is 29.3 Å². The van der Waals surface area contributed by atoms with Crippen LogP contribution in [0.4, 0.5) is 5.69 Å². The predicted molar refractivity (Wildman–Crippen MR) is 121 cm³/mol. The highest BCUT2D eigenvalue weighted by atomic mass is 32.1. The van der Waals surface area contributed by atoms with Crippen molar-refractivity contribution >= 4 is 34.7 Å². The van der Waals surface area contributed by atoms with Crippen molar-refractivity contribution in [3.05, 3.63) is 52.8 Å². The van der Waals surface area contributed by atoms with Gasteiger partial charge < -0.3 is 10.1 Å². The summed E-state index contributed by atoms with van der Waals surface area (Å²) in [5, 5.41) is 10.3. The van der Waals surface area contributed by atoms with Gasteiger partial charge in [0.15, 0.2) is 0 Å². The maximum Gasteiger partial charge on any atom is 0.275 e. The molecule has 0 unspecified atom stereocenters. The maximum atomic E-state index is 12.9. The van der Waals surface area contributed by atoms with E-state index in [4.69, 9.17) is 9.84 Å². The highest BCUT2D eigenvalue weighted by Crippen LogP contribution is 2.37. The molecule has 3 aromatic heterocycles. The van der Waals surface area contributed by atoms with Gasteiger partial charge in [0.05, 0.1) is 30.1 Å². The van der Waals surface area contributed by atoms with Crippen LogP contribution in [0.25, 0.3) is 17.0 Å². The van der Waals surface area contributed by atoms with Gasteiger partial charge in [-0.05, 0) is 31.9 Å². The molecule has 3 aromatic rings. The number of nitrogens with one attached hydrogen (secondary N) is 1. The molecule has 0 aromatic carbocycles. The van der Waals surface area contributed by atoms with E-state index in [0.717, 1.165) is 30.0 Å². The molecule has 0 radical (unpaired) electrons. The van der Waals surface area contributed by atoms with E-state index in [-0.39, 0.29) is 18.1 Å². The van der Waals surface area contributed by atoms with E-state index in [1.54, 1.807) is 17.8 Å². The van der Waals surface area contributed by atoms with Gasteiger partial charge in [0.2, 0.25) is 0 Å². The SMILES string of the molecule is CCOC1CC(n2cc(NC(=O)c3csc(C4=CCN=C4)n3)c(-c3ccccn3)n2)C1. The van der Waals surface area contributed by atoms with Gasteiger partial charge in [-0.2, -0.15) is 5.10 Å². The molecule has 1 N–H and O–H groups in total. The lowest BCUT2D eigenvalue weighted by Gasteiger charge is -2.34. The van der Waals surface area contributed by atoms with Crippen LogP contribution in [-0.4, -0.2) is 51.1 Å². The number of thiazole rings is 1. The van der Waals surface area contributed by atoms with Crippen LogP contribution in [-0.2, 0) is 4.74 Å². The number of rotatable bonds is 7. The number of aromatic nitrogens is 4. The Balaban J connectivity index is 1.38. The van der Waals surface area contributed by atoms with E-state index in [1.807, 2.05) is 42.1 Å². The second-order valence-corrected chi connectivity index (χ2v) is 8.29. The van der Waals surface area contributed by atoms with E-state index < -0.39 is 0 Å². The molecule has 0 spiro atoms. The van der Waals surface area contributed by atoms with Gasteiger partial charge in [0.25, 0.3) is 5.91 Å². The van der Waals surface area contributed by atoms with Crippen molar-refractivity contribution in [2.75, 3.05) is 18.5 Å². The van der Waals surface area contributed by atoms with Gasteiger partial charge >= 0.3 is 0 Å². The third-order valence-corrected chi connectivity index (χ3v) is 6.26. The van der Waals surface area contributed by atoms with Crippen molar-refractivity contribution in [3.63, 3.8) is 0 Å². The minimum atomic E-state index is -0.268. The van der Waals surface area contributed by atoms with Crippen LogP contribution < -0.4 is 5.32 Å². The van der Waals surface area contributed by atoms with Crippen molar-refractivity contribution in [1.29, 1.82) is 0 Å². The number of carbonyl (C=O) groups excluding carboxylic acids is 1. The minimum Gasteiger partial charge on any atom is -0.378 e. The number of amides is 1. The van der Waals surface area contributed by atoms with E-state index in [2.05, 4.69) is 20.3 Å². The summed E-state index contributed by atoms with van der Waals surface area (Å²) in [6.45, 7) is 3.39. The number of hydrogen-bond donors (Lipinski definition) is 1. The third-order valence-electron chi connectivity index (χ3n) is 5.36. The Morgan fingerprint density at radius 3 is 3.00 bits per heavy atom. The summed E-state index contributed by atoms with van der Waals surface area (Å²) >= 11 is 1.44. The van der Waals surface area contributed by atoms with E-state index >= 15 is 0 Å². The zero-order valence-corrected chi connectivity index (χ0v) is 17.9. The van der Waals surface area contributed by atoms with Crippen LogP contribution in [0.3, 0.4) is 0 Å². The molecule has 1 fully saturated rings. The molecule has 1 aliphatic heterocycles. The van der Waals surface area contributed by atoms with Crippen LogP contribution in [0.1, 0.15) is 41.3 Å². The number of nitrogens with zero attached hydrogens (tertiary/aromatic N) is 5. The quantitative estimate of drug-likeness (QED) is 0.609. The lowest BCUT2D eigenvalue weighted by molar-refractivity contribution is -0.0226. The molecular weight excluding hydrogens is 412 g/mol. The zero-order chi connectivity index (χ0) is 21.2. The highest BCUT2D eigenvalue weighted by Gasteiger charge is 2.32. The predicted octanol–water partition coefficient (Wildman–Crippen LogP) is 3.86. The molecule has 2 aliphatic rings. The fourth-order valence-corrected chi connectivity index (χ4v) is 4.49. The number of hydrogen-bond acceptors (Lipinski definition) is 7. The standard InChI is InChI=1S/C22H22N6O2S/c1-2-30-16-9-15(10-16)28-12-18(20(27-28)17-5-3-4-7-24-17)25-21(29)19-13-31-22(26-19)14-6-8-23-11-14/h3-7,11-13,15-16H,2,8-10H2,1H3,(H,25,29). The largest absolute Gasteiger partial charge is 0.378 e. The lowest BCUT2D eigenvalue weighted by atomic mass is 9.89. The Morgan fingerprint density at radius 1 is 1.35 bits per heavy atom. The second kappa shape index (κ2) is 8.52. The van der Waals surface area contributed by atoms with Crippen LogP contribution in [0, 0.1) is 0 Å². The van der Waals surface area contributed by atoms with Crippen molar-refractivity contribution in [3.8, 4) is 11.4 Å². The van der Waals surface area contributed by atoms with Crippen molar-refractivity contribution in [2.45, 2.75) is 31.9 Å². The van der Waals surface area contributed by atoms with Crippen LogP contribution >= 0.6 is 11.3 Å². The molecule has 158 valence electrons. The first kappa shape index (κ1) is 19.8. The summed E-state index contributed by atoms with van der Waals surface area (Å²) < 4.78 is 7.59. The monoisotopic (exact) mass is 434 g/mol. The summed E-state index contributed by atoms with van der Waals surface area (Å²) in [6.07, 6.45) is 9.49. The number of anilines is 1. The van der Waals surface area contributed by atoms with Crippen LogP contribution in [0.15, 0.2) is 47.0 Å². The lowest BCUT2D eigenvalue weighted by Crippen LogP contribution is -2.33. The number of ether oxygens (including phenoxy) is 1. The molecule has 0 saturated heterocycles. The summed E-state index contributed by atoms with van der Waals surface area (Å²) in [4.78, 5) is 26.0. The Kier molecular flexibility index (Phi) is 5.44. The van der Waals surface area contributed by atoms with Crippen LogP contribution in [0.2, 0.25) is 0 Å². The Morgan fingerprint density at radius 2 is 2.26 bits per heavy atom. The topological polar surface area (TPSA) is 94.3 Å². The molecule has 1 aliphatic carbocycles. The number of pyridine rings is 1. The number of allylic oxidation sites excluding steroid dienone is 1. The van der Waals surface area contributed by atoms with Gasteiger partial charge in [-0.3, -0.25) is 19.5 Å². The summed E-state index contributed by atoms with van der Waals surface area (Å²) in [5.74, 6) is -0.268. The molecule has 1 saturated carbocycles. The highest BCUT2D eigenvalue weighted by molar-refractivity contribution is 7.11. The Bertz CT molecular complexity index is 1140. The number of carbonyl (C=O) groups is 1. The zero-order valence-electron chi connectivity index (χ0n) is 17.1. The summed E-state index contributed by atoms with van der Waals surface area (Å²) in [6, 6.07) is 5.91. The smallest absolute Gasteiger partial charge is 0.275 e. The second-order valence-electron chi connectivity index (χ2n) is 7.43. The third kappa shape index (κ3) is 4.06. The molecule has 0 atom stereocenters. The first-order valence-electron chi connectivity index (χ1n) is 10.3. The molecular formula is C22H22N6O2S. The van der Waals surface area contributed by atoms with Gasteiger partial charge in [0, 0.05) is 36.2 Å². The van der Waals surface area contributed by atoms with Gasteiger partial charge in [-0.1, -0.05) is 12.1 Å². The maximum absolute atomic E-state index is 12.9. The minimum absolute atomic E-state index is 0.254. The fraction of sp³-hybridized carbons (Fsp3) is 0.318. The first-order valence-corrected chi connectivity index (χ1v) is 11.2. The van der Waals surface area contributed by atoms with E-state index in [1.165, 1.54) is 11.3 Å². The van der Waals surface area contributed by atoms with Crippen molar-refractivity contribution < 1.29 is 9.53 Å². The van der Waals surface area contributed by atoms with E-state index in [9.17, 15) is 4.79 Å². The summed E-state index contributed by atoms with van der Waals surface area (Å²) in [5.41, 5.74) is 3.32. The average Bonchev–Trinajstić information content (AvgIpc) is 3.51.